The van der Waals surface area contributed by atoms with Gasteiger partial charge in [0.1, 0.15) is 6.10 Å². The Balaban J connectivity index is 4.68. The van der Waals surface area contributed by atoms with Crippen molar-refractivity contribution in [1.82, 2.24) is 5.32 Å². The topological polar surface area (TPSA) is 55.4 Å². The van der Waals surface area contributed by atoms with E-state index in [1.165, 1.54) is 0 Å². The third kappa shape index (κ3) is 5.34. The molecule has 4 heteroatoms. The Morgan fingerprint density at radius 2 is 1.83 bits per heavy atom. The van der Waals surface area contributed by atoms with Gasteiger partial charge in [0.2, 0.25) is 5.91 Å². The summed E-state index contributed by atoms with van der Waals surface area (Å²) in [6.07, 6.45) is 0.970. The first kappa shape index (κ1) is 16.7. The number of carbonyl (C=O) groups is 2. The minimum absolute atomic E-state index is 0.0291. The molecule has 0 bridgehead atoms. The van der Waals surface area contributed by atoms with Crippen molar-refractivity contribution in [2.45, 2.75) is 59.6 Å². The highest BCUT2D eigenvalue weighted by atomic mass is 16.5. The molecule has 0 aromatic heterocycles. The monoisotopic (exact) mass is 255 g/mol. The fraction of sp³-hybridized carbons (Fsp3) is 0.714. The predicted octanol–water partition coefficient (Wildman–Crippen LogP) is 2.44. The van der Waals surface area contributed by atoms with Gasteiger partial charge in [-0.15, -0.1) is 0 Å². The molecule has 1 N–H and O–H groups in total. The SMILES string of the molecule is C=C(C)C(=O)OC(C)C(NC(=O)CC)C(C)CC. The van der Waals surface area contributed by atoms with Crippen molar-refractivity contribution >= 4 is 11.9 Å². The van der Waals surface area contributed by atoms with Crippen LogP contribution in [-0.4, -0.2) is 24.0 Å². The summed E-state index contributed by atoms with van der Waals surface area (Å²) >= 11 is 0. The largest absolute Gasteiger partial charge is 0.457 e. The molecule has 0 saturated carbocycles. The normalized spacial score (nSPS) is 15.4. The number of hydrogen-bond donors (Lipinski definition) is 1. The molecule has 0 aliphatic carbocycles. The van der Waals surface area contributed by atoms with Crippen molar-refractivity contribution < 1.29 is 14.3 Å². The highest BCUT2D eigenvalue weighted by Gasteiger charge is 2.26. The summed E-state index contributed by atoms with van der Waals surface area (Å²) in [5.41, 5.74) is 0.367. The molecule has 1 amide bonds. The average Bonchev–Trinajstić information content (AvgIpc) is 2.33. The van der Waals surface area contributed by atoms with E-state index >= 15 is 0 Å². The number of rotatable bonds is 7. The van der Waals surface area contributed by atoms with Gasteiger partial charge in [-0.3, -0.25) is 4.79 Å². The smallest absolute Gasteiger partial charge is 0.333 e. The lowest BCUT2D eigenvalue weighted by molar-refractivity contribution is -0.146. The zero-order valence-corrected chi connectivity index (χ0v) is 12.1. The van der Waals surface area contributed by atoms with Crippen LogP contribution in [0.4, 0.5) is 0 Å². The van der Waals surface area contributed by atoms with E-state index in [1.54, 1.807) is 20.8 Å². The molecule has 3 unspecified atom stereocenters. The maximum absolute atomic E-state index is 11.5. The van der Waals surface area contributed by atoms with Crippen LogP contribution in [0.25, 0.3) is 0 Å². The van der Waals surface area contributed by atoms with Gasteiger partial charge in [-0.25, -0.2) is 4.79 Å². The maximum Gasteiger partial charge on any atom is 0.333 e. The number of nitrogens with one attached hydrogen (secondary N) is 1. The molecule has 0 aromatic rings. The van der Waals surface area contributed by atoms with Gasteiger partial charge < -0.3 is 10.1 Å². The summed E-state index contributed by atoms with van der Waals surface area (Å²) in [6, 6.07) is -0.161. The molecule has 0 rings (SSSR count). The van der Waals surface area contributed by atoms with Gasteiger partial charge >= 0.3 is 5.97 Å². The second-order valence-corrected chi connectivity index (χ2v) is 4.72. The van der Waals surface area contributed by atoms with Crippen LogP contribution in [0.3, 0.4) is 0 Å². The van der Waals surface area contributed by atoms with Gasteiger partial charge in [0.05, 0.1) is 6.04 Å². The Kier molecular flexibility index (Phi) is 7.32. The number of hydrogen-bond acceptors (Lipinski definition) is 3. The van der Waals surface area contributed by atoms with Crippen LogP contribution < -0.4 is 5.32 Å². The maximum atomic E-state index is 11.5. The predicted molar refractivity (Wildman–Crippen MR) is 72.0 cm³/mol. The number of ether oxygens (including phenoxy) is 1. The van der Waals surface area contributed by atoms with Crippen LogP contribution >= 0.6 is 0 Å². The van der Waals surface area contributed by atoms with E-state index < -0.39 is 5.97 Å². The van der Waals surface area contributed by atoms with Crippen molar-refractivity contribution in [2.75, 3.05) is 0 Å². The minimum Gasteiger partial charge on any atom is -0.457 e. The first-order valence-electron chi connectivity index (χ1n) is 6.49. The second kappa shape index (κ2) is 7.90. The van der Waals surface area contributed by atoms with Gasteiger partial charge in [-0.05, 0) is 19.8 Å². The quantitative estimate of drug-likeness (QED) is 0.561. The van der Waals surface area contributed by atoms with E-state index in [2.05, 4.69) is 11.9 Å². The molecule has 0 heterocycles. The number of carbonyl (C=O) groups excluding carboxylic acids is 2. The van der Waals surface area contributed by atoms with Crippen molar-refractivity contribution in [1.29, 1.82) is 0 Å². The van der Waals surface area contributed by atoms with Gasteiger partial charge in [0.25, 0.3) is 0 Å². The highest BCUT2D eigenvalue weighted by Crippen LogP contribution is 2.15. The molecule has 4 nitrogen and oxygen atoms in total. The Labute approximate surface area is 110 Å². The number of amides is 1. The molecule has 3 atom stereocenters. The van der Waals surface area contributed by atoms with Gasteiger partial charge in [-0.2, -0.15) is 0 Å². The summed E-state index contributed by atoms with van der Waals surface area (Å²) in [6.45, 7) is 12.8. The third-order valence-corrected chi connectivity index (χ3v) is 3.05. The van der Waals surface area contributed by atoms with Crippen LogP contribution in [0, 0.1) is 5.92 Å². The Morgan fingerprint density at radius 3 is 2.22 bits per heavy atom. The molecule has 18 heavy (non-hydrogen) atoms. The number of esters is 1. The molecular weight excluding hydrogens is 230 g/mol. The van der Waals surface area contributed by atoms with Crippen LogP contribution in [0.1, 0.15) is 47.5 Å². The molecule has 104 valence electrons. The Morgan fingerprint density at radius 1 is 1.28 bits per heavy atom. The van der Waals surface area contributed by atoms with Crippen molar-refractivity contribution in [3.8, 4) is 0 Å². The Hall–Kier alpha value is -1.32. The van der Waals surface area contributed by atoms with Crippen LogP contribution in [0.15, 0.2) is 12.2 Å². The van der Waals surface area contributed by atoms with E-state index in [9.17, 15) is 9.59 Å². The fourth-order valence-corrected chi connectivity index (χ4v) is 1.61. The standard InChI is InChI=1S/C14H25NO3/c1-7-10(5)13(15-12(16)8-2)11(6)18-14(17)9(3)4/h10-11,13H,3,7-8H2,1-2,4-6H3,(H,15,16). The lowest BCUT2D eigenvalue weighted by atomic mass is 9.94. The first-order chi connectivity index (χ1) is 8.33. The van der Waals surface area contributed by atoms with Crippen molar-refractivity contribution in [2.24, 2.45) is 5.92 Å². The Bertz CT molecular complexity index is 312. The van der Waals surface area contributed by atoms with E-state index in [4.69, 9.17) is 4.74 Å². The molecule has 0 radical (unpaired) electrons. The molecule has 0 aromatic carbocycles. The minimum atomic E-state index is -0.415. The van der Waals surface area contributed by atoms with Gasteiger partial charge in [0.15, 0.2) is 0 Å². The second-order valence-electron chi connectivity index (χ2n) is 4.72. The molecule has 0 aliphatic heterocycles. The molecule has 0 fully saturated rings. The van der Waals surface area contributed by atoms with E-state index in [-0.39, 0.29) is 24.0 Å². The molecule has 0 aliphatic rings. The summed E-state index contributed by atoms with van der Waals surface area (Å²) in [4.78, 5) is 23.0. The lowest BCUT2D eigenvalue weighted by Gasteiger charge is -2.29. The summed E-state index contributed by atoms with van der Waals surface area (Å²) in [5.74, 6) is -0.200. The van der Waals surface area contributed by atoms with E-state index in [0.717, 1.165) is 6.42 Å². The van der Waals surface area contributed by atoms with Gasteiger partial charge in [-0.1, -0.05) is 33.8 Å². The average molecular weight is 255 g/mol. The zero-order chi connectivity index (χ0) is 14.3. The van der Waals surface area contributed by atoms with Crippen LogP contribution in [0.2, 0.25) is 0 Å². The zero-order valence-electron chi connectivity index (χ0n) is 12.1. The highest BCUT2D eigenvalue weighted by molar-refractivity contribution is 5.87. The first-order valence-corrected chi connectivity index (χ1v) is 6.49. The molecule has 0 spiro atoms. The molecular formula is C14H25NO3. The van der Waals surface area contributed by atoms with Crippen LogP contribution in [-0.2, 0) is 14.3 Å². The van der Waals surface area contributed by atoms with E-state index in [1.807, 2.05) is 13.8 Å². The van der Waals surface area contributed by atoms with E-state index in [0.29, 0.717) is 12.0 Å². The summed E-state index contributed by atoms with van der Waals surface area (Å²) < 4.78 is 5.29. The summed E-state index contributed by atoms with van der Waals surface area (Å²) in [5, 5.41) is 2.92. The van der Waals surface area contributed by atoms with Gasteiger partial charge in [0, 0.05) is 12.0 Å². The third-order valence-electron chi connectivity index (χ3n) is 3.05. The lowest BCUT2D eigenvalue weighted by Crippen LogP contribution is -2.47. The summed E-state index contributed by atoms with van der Waals surface area (Å²) in [7, 11) is 0. The van der Waals surface area contributed by atoms with Crippen molar-refractivity contribution in [3.05, 3.63) is 12.2 Å². The van der Waals surface area contributed by atoms with Crippen molar-refractivity contribution in [3.63, 3.8) is 0 Å². The van der Waals surface area contributed by atoms with Crippen LogP contribution in [0.5, 0.6) is 0 Å². The molecule has 0 saturated heterocycles. The fourth-order valence-electron chi connectivity index (χ4n) is 1.61.